The maximum atomic E-state index is 10.3. The number of hydrogen-bond donors (Lipinski definition) is 3. The Morgan fingerprint density at radius 2 is 1.95 bits per heavy atom. The number of thiocarbonyl (C=S) groups is 1. The SMILES string of the molecule is CC1(C)CC(NC(=S)Nc2cccnc2)CC(C)(C)N1O. The second-order valence-electron chi connectivity index (χ2n) is 6.88. The topological polar surface area (TPSA) is 60.4 Å². The van der Waals surface area contributed by atoms with Gasteiger partial charge in [-0.2, -0.15) is 5.06 Å². The molecule has 1 aliphatic heterocycles. The number of nitrogens with zero attached hydrogens (tertiary/aromatic N) is 2. The molecular formula is C15H24N4OS. The summed E-state index contributed by atoms with van der Waals surface area (Å²) in [5, 5.41) is 18.8. The maximum absolute atomic E-state index is 10.3. The fourth-order valence-corrected chi connectivity index (χ4v) is 3.45. The highest BCUT2D eigenvalue weighted by atomic mass is 32.1. The van der Waals surface area contributed by atoms with E-state index in [1.54, 1.807) is 12.4 Å². The van der Waals surface area contributed by atoms with Crippen molar-refractivity contribution in [1.29, 1.82) is 0 Å². The van der Waals surface area contributed by atoms with Crippen LogP contribution in [0.15, 0.2) is 24.5 Å². The van der Waals surface area contributed by atoms with Gasteiger partial charge >= 0.3 is 0 Å². The Hall–Kier alpha value is -1.24. The van der Waals surface area contributed by atoms with Gasteiger partial charge in [-0.25, -0.2) is 0 Å². The van der Waals surface area contributed by atoms with Gasteiger partial charge in [0, 0.05) is 23.3 Å². The van der Waals surface area contributed by atoms with Crippen LogP contribution in [0, 0.1) is 0 Å². The first kappa shape index (κ1) is 16.1. The van der Waals surface area contributed by atoms with Gasteiger partial charge in [-0.1, -0.05) is 0 Å². The Morgan fingerprint density at radius 3 is 2.48 bits per heavy atom. The zero-order valence-electron chi connectivity index (χ0n) is 13.1. The second kappa shape index (κ2) is 5.87. The number of hydrogen-bond acceptors (Lipinski definition) is 4. The smallest absolute Gasteiger partial charge is 0.171 e. The van der Waals surface area contributed by atoms with E-state index in [1.807, 2.05) is 39.8 Å². The van der Waals surface area contributed by atoms with Crippen LogP contribution in [0.4, 0.5) is 5.69 Å². The number of nitrogens with one attached hydrogen (secondary N) is 2. The summed E-state index contributed by atoms with van der Waals surface area (Å²) in [6, 6.07) is 4.00. The molecule has 3 N–H and O–H groups in total. The van der Waals surface area contributed by atoms with Crippen molar-refractivity contribution >= 4 is 23.0 Å². The van der Waals surface area contributed by atoms with E-state index in [9.17, 15) is 5.21 Å². The zero-order chi connectivity index (χ0) is 15.7. The molecule has 0 amide bonds. The first-order valence-electron chi connectivity index (χ1n) is 7.17. The molecule has 0 radical (unpaired) electrons. The fourth-order valence-electron chi connectivity index (χ4n) is 3.16. The number of rotatable bonds is 2. The molecule has 6 heteroatoms. The van der Waals surface area contributed by atoms with Crippen LogP contribution < -0.4 is 10.6 Å². The van der Waals surface area contributed by atoms with Gasteiger partial charge in [0.2, 0.25) is 0 Å². The predicted octanol–water partition coefficient (Wildman–Crippen LogP) is 2.78. The average Bonchev–Trinajstić information content (AvgIpc) is 2.36. The van der Waals surface area contributed by atoms with E-state index in [-0.39, 0.29) is 17.1 Å². The van der Waals surface area contributed by atoms with Gasteiger partial charge in [-0.15, -0.1) is 0 Å². The normalized spacial score (nSPS) is 21.8. The summed E-state index contributed by atoms with van der Waals surface area (Å²) >= 11 is 5.37. The van der Waals surface area contributed by atoms with Crippen LogP contribution >= 0.6 is 12.2 Å². The molecular weight excluding hydrogens is 284 g/mol. The lowest BCUT2D eigenvalue weighted by atomic mass is 9.79. The maximum Gasteiger partial charge on any atom is 0.171 e. The lowest BCUT2D eigenvalue weighted by Crippen LogP contribution is -2.63. The average molecular weight is 308 g/mol. The summed E-state index contributed by atoms with van der Waals surface area (Å²) in [5.41, 5.74) is 0.292. The fraction of sp³-hybridized carbons (Fsp3) is 0.600. The van der Waals surface area contributed by atoms with Gasteiger partial charge in [0.1, 0.15) is 0 Å². The Labute approximate surface area is 131 Å². The molecule has 116 valence electrons. The van der Waals surface area contributed by atoms with E-state index in [2.05, 4.69) is 15.6 Å². The Kier molecular flexibility index (Phi) is 4.51. The van der Waals surface area contributed by atoms with Crippen molar-refractivity contribution in [2.75, 3.05) is 5.32 Å². The predicted molar refractivity (Wildman–Crippen MR) is 88.4 cm³/mol. The molecule has 1 aromatic rings. The van der Waals surface area contributed by atoms with Gasteiger partial charge in [0.05, 0.1) is 11.9 Å². The summed E-state index contributed by atoms with van der Waals surface area (Å²) < 4.78 is 0. The molecule has 0 atom stereocenters. The molecule has 0 aromatic carbocycles. The molecule has 1 fully saturated rings. The van der Waals surface area contributed by atoms with Gasteiger partial charge in [0.15, 0.2) is 5.11 Å². The van der Waals surface area contributed by atoms with Crippen LogP contribution in [0.3, 0.4) is 0 Å². The lowest BCUT2D eigenvalue weighted by Gasteiger charge is -2.51. The number of anilines is 1. The van der Waals surface area contributed by atoms with E-state index in [0.29, 0.717) is 5.11 Å². The highest BCUT2D eigenvalue weighted by Crippen LogP contribution is 2.36. The minimum Gasteiger partial charge on any atom is -0.360 e. The van der Waals surface area contributed by atoms with Crippen LogP contribution in [-0.4, -0.2) is 37.5 Å². The molecule has 0 spiro atoms. The van der Waals surface area contributed by atoms with Gasteiger partial charge in [-0.05, 0) is 64.9 Å². The summed E-state index contributed by atoms with van der Waals surface area (Å²) in [5.74, 6) is 0. The molecule has 2 rings (SSSR count). The number of aromatic nitrogens is 1. The van der Waals surface area contributed by atoms with Crippen molar-refractivity contribution in [3.05, 3.63) is 24.5 Å². The lowest BCUT2D eigenvalue weighted by molar-refractivity contribution is -0.245. The zero-order valence-corrected chi connectivity index (χ0v) is 13.9. The molecule has 1 saturated heterocycles. The summed E-state index contributed by atoms with van der Waals surface area (Å²) in [6.45, 7) is 8.17. The second-order valence-corrected chi connectivity index (χ2v) is 7.29. The van der Waals surface area contributed by atoms with Crippen LogP contribution in [0.5, 0.6) is 0 Å². The Morgan fingerprint density at radius 1 is 1.33 bits per heavy atom. The van der Waals surface area contributed by atoms with Crippen molar-refractivity contribution in [3.8, 4) is 0 Å². The van der Waals surface area contributed by atoms with Crippen molar-refractivity contribution in [2.45, 2.75) is 57.7 Å². The molecule has 0 aliphatic carbocycles. The van der Waals surface area contributed by atoms with Gasteiger partial charge in [0.25, 0.3) is 0 Å². The van der Waals surface area contributed by atoms with Crippen molar-refractivity contribution in [1.82, 2.24) is 15.4 Å². The molecule has 5 nitrogen and oxygen atoms in total. The van der Waals surface area contributed by atoms with E-state index < -0.39 is 0 Å². The largest absolute Gasteiger partial charge is 0.360 e. The summed E-state index contributed by atoms with van der Waals surface area (Å²) in [7, 11) is 0. The third kappa shape index (κ3) is 3.90. The summed E-state index contributed by atoms with van der Waals surface area (Å²) in [4.78, 5) is 4.05. The minimum absolute atomic E-state index is 0.218. The van der Waals surface area contributed by atoms with Crippen molar-refractivity contribution in [3.63, 3.8) is 0 Å². The highest BCUT2D eigenvalue weighted by molar-refractivity contribution is 7.80. The third-order valence-corrected chi connectivity index (χ3v) is 4.11. The van der Waals surface area contributed by atoms with E-state index in [1.165, 1.54) is 5.06 Å². The number of piperidine rings is 1. The number of hydroxylamine groups is 2. The van der Waals surface area contributed by atoms with Gasteiger partial charge < -0.3 is 15.8 Å². The van der Waals surface area contributed by atoms with Crippen molar-refractivity contribution < 1.29 is 5.21 Å². The molecule has 1 aliphatic rings. The van der Waals surface area contributed by atoms with Crippen molar-refractivity contribution in [2.24, 2.45) is 0 Å². The van der Waals surface area contributed by atoms with Crippen LogP contribution in [0.2, 0.25) is 0 Å². The van der Waals surface area contributed by atoms with Crippen LogP contribution in [-0.2, 0) is 0 Å². The molecule has 2 heterocycles. The van der Waals surface area contributed by atoms with Crippen LogP contribution in [0.1, 0.15) is 40.5 Å². The molecule has 1 aromatic heterocycles. The standard InChI is InChI=1S/C15H24N4OS/c1-14(2)8-12(9-15(3,4)19(14)20)18-13(21)17-11-6-5-7-16-10-11/h5-7,10,12,20H,8-9H2,1-4H3,(H2,17,18,21). The molecule has 0 unspecified atom stereocenters. The first-order chi connectivity index (χ1) is 9.71. The minimum atomic E-state index is -0.288. The van der Waals surface area contributed by atoms with E-state index in [0.717, 1.165) is 18.5 Å². The highest BCUT2D eigenvalue weighted by Gasteiger charge is 2.45. The third-order valence-electron chi connectivity index (χ3n) is 3.89. The Bertz CT molecular complexity index is 486. The van der Waals surface area contributed by atoms with E-state index >= 15 is 0 Å². The van der Waals surface area contributed by atoms with Crippen LogP contribution in [0.25, 0.3) is 0 Å². The molecule has 21 heavy (non-hydrogen) atoms. The molecule has 0 bridgehead atoms. The molecule has 0 saturated carbocycles. The monoisotopic (exact) mass is 308 g/mol. The van der Waals surface area contributed by atoms with Gasteiger partial charge in [-0.3, -0.25) is 4.98 Å². The Balaban J connectivity index is 1.98. The summed E-state index contributed by atoms with van der Waals surface area (Å²) in [6.07, 6.45) is 5.10. The quantitative estimate of drug-likeness (QED) is 0.730. The number of pyridine rings is 1. The van der Waals surface area contributed by atoms with E-state index in [4.69, 9.17) is 12.2 Å². The first-order valence-corrected chi connectivity index (χ1v) is 7.58.